The van der Waals surface area contributed by atoms with E-state index in [0.717, 1.165) is 34.9 Å². The maximum absolute atomic E-state index is 11.8. The van der Waals surface area contributed by atoms with Crippen LogP contribution in [-0.2, 0) is 16.8 Å². The third-order valence-corrected chi connectivity index (χ3v) is 5.92. The predicted molar refractivity (Wildman–Crippen MR) is 99.5 cm³/mol. The molecule has 1 aromatic carbocycles. The molecule has 2 aromatic rings. The summed E-state index contributed by atoms with van der Waals surface area (Å²) in [7, 11) is 0. The van der Waals surface area contributed by atoms with E-state index < -0.39 is 0 Å². The molecule has 1 amide bonds. The van der Waals surface area contributed by atoms with Gasteiger partial charge in [-0.3, -0.25) is 4.79 Å². The van der Waals surface area contributed by atoms with Crippen LogP contribution in [0.3, 0.4) is 0 Å². The van der Waals surface area contributed by atoms with Crippen LogP contribution >= 0.6 is 11.3 Å². The molecule has 0 bridgehead atoms. The molecule has 0 unspecified atom stereocenters. The molecule has 128 valence electrons. The minimum Gasteiger partial charge on any atom is -0.369 e. The first kappa shape index (κ1) is 17.0. The summed E-state index contributed by atoms with van der Waals surface area (Å²) in [5.41, 5.74) is 8.93. The van der Waals surface area contributed by atoms with Crippen molar-refractivity contribution in [3.63, 3.8) is 0 Å². The van der Waals surface area contributed by atoms with E-state index in [-0.39, 0.29) is 23.3 Å². The van der Waals surface area contributed by atoms with Crippen molar-refractivity contribution in [1.82, 2.24) is 4.98 Å². The Morgan fingerprint density at radius 2 is 2.08 bits per heavy atom. The Labute approximate surface area is 147 Å². The molecule has 1 aliphatic heterocycles. The Balaban J connectivity index is 1.92. The number of amides is 1. The number of carbonyl (C=O) groups is 1. The van der Waals surface area contributed by atoms with Crippen LogP contribution in [0.25, 0.3) is 0 Å². The molecular formula is C19H25N3OS. The monoisotopic (exact) mass is 343 g/mol. The van der Waals surface area contributed by atoms with E-state index >= 15 is 0 Å². The fraction of sp³-hybridized carbons (Fsp3) is 0.474. The number of aromatic nitrogens is 1. The Kier molecular flexibility index (Phi) is 4.38. The number of fused-ring (bicyclic) bond motifs is 1. The molecule has 0 fully saturated rings. The summed E-state index contributed by atoms with van der Waals surface area (Å²) in [4.78, 5) is 19.0. The van der Waals surface area contributed by atoms with Gasteiger partial charge in [-0.05, 0) is 25.0 Å². The molecule has 3 rings (SSSR count). The molecule has 5 heteroatoms. The van der Waals surface area contributed by atoms with Gasteiger partial charge >= 0.3 is 0 Å². The maximum atomic E-state index is 11.8. The zero-order valence-corrected chi connectivity index (χ0v) is 15.6. The lowest BCUT2D eigenvalue weighted by Crippen LogP contribution is -2.41. The minimum atomic E-state index is -0.238. The highest BCUT2D eigenvalue weighted by Gasteiger charge is 2.33. The number of hydrogen-bond donors (Lipinski definition) is 1. The molecule has 0 spiro atoms. The number of nitrogens with zero attached hydrogens (tertiary/aromatic N) is 2. The van der Waals surface area contributed by atoms with Gasteiger partial charge in [-0.2, -0.15) is 0 Å². The molecule has 0 saturated heterocycles. The van der Waals surface area contributed by atoms with Gasteiger partial charge in [0.1, 0.15) is 0 Å². The third-order valence-electron chi connectivity index (χ3n) is 4.60. The van der Waals surface area contributed by atoms with Crippen molar-refractivity contribution in [3.8, 4) is 0 Å². The standard InChI is InChI=1S/C19H25N3OS/c1-12-9-15(17(20)23)14-7-5-6-8-16(14)22(12)10-13-11-24-18(21-13)19(2,3)4/h5-8,11-12,15H,9-10H2,1-4H3,(H2,20,23)/t12-,15+/m1/s1. The van der Waals surface area contributed by atoms with E-state index in [1.807, 2.05) is 18.2 Å². The molecule has 0 radical (unpaired) electrons. The summed E-state index contributed by atoms with van der Waals surface area (Å²) >= 11 is 1.72. The summed E-state index contributed by atoms with van der Waals surface area (Å²) in [5.74, 6) is -0.439. The molecule has 0 aliphatic carbocycles. The van der Waals surface area contributed by atoms with Gasteiger partial charge in [-0.15, -0.1) is 11.3 Å². The van der Waals surface area contributed by atoms with Crippen molar-refractivity contribution in [2.45, 2.75) is 58.0 Å². The summed E-state index contributed by atoms with van der Waals surface area (Å²) in [6, 6.07) is 8.34. The van der Waals surface area contributed by atoms with Crippen molar-refractivity contribution in [1.29, 1.82) is 0 Å². The SMILES string of the molecule is C[C@@H]1C[C@H](C(N)=O)c2ccccc2N1Cc1csc(C(C)(C)C)n1. The first-order chi connectivity index (χ1) is 11.3. The Bertz CT molecular complexity index is 747. The van der Waals surface area contributed by atoms with E-state index in [2.05, 4.69) is 44.0 Å². The molecular weight excluding hydrogens is 318 g/mol. The highest BCUT2D eigenvalue weighted by molar-refractivity contribution is 7.09. The Morgan fingerprint density at radius 1 is 1.38 bits per heavy atom. The van der Waals surface area contributed by atoms with Gasteiger partial charge in [0, 0.05) is 22.5 Å². The topological polar surface area (TPSA) is 59.2 Å². The van der Waals surface area contributed by atoms with Crippen LogP contribution in [0.4, 0.5) is 5.69 Å². The maximum Gasteiger partial charge on any atom is 0.225 e. The van der Waals surface area contributed by atoms with Crippen LogP contribution in [0.1, 0.15) is 56.3 Å². The average molecular weight is 343 g/mol. The van der Waals surface area contributed by atoms with Crippen molar-refractivity contribution >= 4 is 22.9 Å². The lowest BCUT2D eigenvalue weighted by atomic mass is 9.85. The van der Waals surface area contributed by atoms with E-state index in [0.29, 0.717) is 0 Å². The van der Waals surface area contributed by atoms with Crippen molar-refractivity contribution < 1.29 is 4.79 Å². The van der Waals surface area contributed by atoms with E-state index in [4.69, 9.17) is 10.7 Å². The van der Waals surface area contributed by atoms with Crippen LogP contribution in [0.2, 0.25) is 0 Å². The number of carbonyl (C=O) groups excluding carboxylic acids is 1. The lowest BCUT2D eigenvalue weighted by Gasteiger charge is -2.39. The van der Waals surface area contributed by atoms with Gasteiger partial charge in [0.2, 0.25) is 5.91 Å². The number of anilines is 1. The summed E-state index contributed by atoms with van der Waals surface area (Å²) in [5, 5.41) is 3.31. The van der Waals surface area contributed by atoms with Gasteiger partial charge in [0.05, 0.1) is 23.2 Å². The van der Waals surface area contributed by atoms with Gasteiger partial charge < -0.3 is 10.6 Å². The van der Waals surface area contributed by atoms with Crippen LogP contribution < -0.4 is 10.6 Å². The van der Waals surface area contributed by atoms with Crippen molar-refractivity contribution in [3.05, 3.63) is 45.9 Å². The molecule has 2 atom stereocenters. The fourth-order valence-corrected chi connectivity index (χ4v) is 4.18. The van der Waals surface area contributed by atoms with E-state index in [1.54, 1.807) is 11.3 Å². The van der Waals surface area contributed by atoms with E-state index in [9.17, 15) is 4.79 Å². The number of rotatable bonds is 3. The van der Waals surface area contributed by atoms with Gasteiger partial charge in [-0.1, -0.05) is 39.0 Å². The van der Waals surface area contributed by atoms with Crippen LogP contribution in [0.15, 0.2) is 29.6 Å². The smallest absolute Gasteiger partial charge is 0.225 e. The Hall–Kier alpha value is -1.88. The number of nitrogens with two attached hydrogens (primary N) is 1. The number of benzene rings is 1. The molecule has 1 aromatic heterocycles. The zero-order chi connectivity index (χ0) is 17.5. The van der Waals surface area contributed by atoms with Gasteiger partial charge in [0.15, 0.2) is 0 Å². The van der Waals surface area contributed by atoms with E-state index in [1.165, 1.54) is 0 Å². The molecule has 2 N–H and O–H groups in total. The zero-order valence-electron chi connectivity index (χ0n) is 14.7. The van der Waals surface area contributed by atoms with Crippen LogP contribution in [-0.4, -0.2) is 16.9 Å². The highest BCUT2D eigenvalue weighted by Crippen LogP contribution is 2.39. The number of thiazole rings is 1. The van der Waals surface area contributed by atoms with Crippen LogP contribution in [0, 0.1) is 0 Å². The average Bonchev–Trinajstić information content (AvgIpc) is 2.98. The van der Waals surface area contributed by atoms with Crippen molar-refractivity contribution in [2.75, 3.05) is 4.90 Å². The minimum absolute atomic E-state index is 0.0748. The summed E-state index contributed by atoms with van der Waals surface area (Å²) in [6.07, 6.45) is 0.753. The number of hydrogen-bond acceptors (Lipinski definition) is 4. The third kappa shape index (κ3) is 3.18. The molecule has 4 nitrogen and oxygen atoms in total. The second-order valence-electron chi connectivity index (χ2n) is 7.62. The normalized spacial score (nSPS) is 20.8. The summed E-state index contributed by atoms with van der Waals surface area (Å²) in [6.45, 7) is 9.48. The summed E-state index contributed by atoms with van der Waals surface area (Å²) < 4.78 is 0. The largest absolute Gasteiger partial charge is 0.369 e. The Morgan fingerprint density at radius 3 is 2.71 bits per heavy atom. The highest BCUT2D eigenvalue weighted by atomic mass is 32.1. The predicted octanol–water partition coefficient (Wildman–Crippen LogP) is 3.81. The molecule has 0 saturated carbocycles. The van der Waals surface area contributed by atoms with Crippen LogP contribution in [0.5, 0.6) is 0 Å². The molecule has 1 aliphatic rings. The number of para-hydroxylation sites is 1. The first-order valence-electron chi connectivity index (χ1n) is 8.37. The molecule has 24 heavy (non-hydrogen) atoms. The number of primary amides is 1. The second-order valence-corrected chi connectivity index (χ2v) is 8.48. The quantitative estimate of drug-likeness (QED) is 0.922. The lowest BCUT2D eigenvalue weighted by molar-refractivity contribution is -0.119. The van der Waals surface area contributed by atoms with Gasteiger partial charge in [-0.25, -0.2) is 4.98 Å². The molecule has 2 heterocycles. The second kappa shape index (κ2) is 6.20. The first-order valence-corrected chi connectivity index (χ1v) is 9.25. The fourth-order valence-electron chi connectivity index (χ4n) is 3.29. The van der Waals surface area contributed by atoms with Crippen molar-refractivity contribution in [2.24, 2.45) is 5.73 Å². The van der Waals surface area contributed by atoms with Gasteiger partial charge in [0.25, 0.3) is 0 Å².